The van der Waals surface area contributed by atoms with Crippen LogP contribution in [0.3, 0.4) is 0 Å². The number of nitrogens with zero attached hydrogens (tertiary/aromatic N) is 5. The molecule has 0 aromatic carbocycles. The average molecular weight is 248 g/mol. The lowest BCUT2D eigenvalue weighted by atomic mass is 10.2. The molecule has 2 heterocycles. The Balaban J connectivity index is 2.41. The Labute approximate surface area is 103 Å². The van der Waals surface area contributed by atoms with Gasteiger partial charge >= 0.3 is 5.69 Å². The van der Waals surface area contributed by atoms with E-state index in [9.17, 15) is 10.1 Å². The van der Waals surface area contributed by atoms with Crippen LogP contribution < -0.4 is 5.73 Å². The molecule has 0 bridgehead atoms. The molecule has 0 unspecified atom stereocenters. The van der Waals surface area contributed by atoms with Crippen LogP contribution >= 0.6 is 0 Å². The van der Waals surface area contributed by atoms with Crippen molar-refractivity contribution in [3.05, 3.63) is 40.4 Å². The topological polar surface area (TPSA) is 113 Å². The number of nitro groups is 1. The highest BCUT2D eigenvalue weighted by molar-refractivity contribution is 5.55. The van der Waals surface area contributed by atoms with Gasteiger partial charge in [0, 0.05) is 18.9 Å². The fraction of sp³-hybridized carbons (Fsp3) is 0.300. The van der Waals surface area contributed by atoms with Crippen molar-refractivity contribution in [2.75, 3.05) is 5.73 Å². The summed E-state index contributed by atoms with van der Waals surface area (Å²) in [5.41, 5.74) is 5.53. The third kappa shape index (κ3) is 2.12. The maximum Gasteiger partial charge on any atom is 0.332 e. The molecule has 0 saturated carbocycles. The first-order chi connectivity index (χ1) is 8.63. The molecule has 0 aliphatic rings. The molecule has 0 spiro atoms. The van der Waals surface area contributed by atoms with Crippen LogP contribution in [0.5, 0.6) is 0 Å². The van der Waals surface area contributed by atoms with Crippen LogP contribution in [0.4, 0.5) is 11.5 Å². The molecule has 0 aliphatic heterocycles. The molecule has 0 atom stereocenters. The molecule has 0 radical (unpaired) electrons. The summed E-state index contributed by atoms with van der Waals surface area (Å²) in [6.07, 6.45) is 4.93. The van der Waals surface area contributed by atoms with Gasteiger partial charge in [-0.15, -0.1) is 0 Å². The monoisotopic (exact) mass is 248 g/mol. The lowest BCUT2D eigenvalue weighted by molar-refractivity contribution is -0.385. The Morgan fingerprint density at radius 2 is 2.22 bits per heavy atom. The molecule has 0 saturated heterocycles. The molecule has 0 fully saturated rings. The van der Waals surface area contributed by atoms with Crippen LogP contribution in [0.1, 0.15) is 18.4 Å². The lowest BCUT2D eigenvalue weighted by Crippen LogP contribution is -2.08. The normalized spacial score (nSPS) is 10.5. The average Bonchev–Trinajstić information content (AvgIpc) is 2.76. The Bertz CT molecular complexity index is 579. The highest BCUT2D eigenvalue weighted by atomic mass is 16.6. The fourth-order valence-corrected chi connectivity index (χ4v) is 1.70. The predicted octanol–water partition coefficient (Wildman–Crippen LogP) is 0.774. The minimum Gasteiger partial charge on any atom is -0.378 e. The van der Waals surface area contributed by atoms with E-state index < -0.39 is 4.92 Å². The number of anilines is 1. The van der Waals surface area contributed by atoms with E-state index in [2.05, 4.69) is 15.0 Å². The molecular formula is C10H12N6O2. The van der Waals surface area contributed by atoms with Gasteiger partial charge in [0.1, 0.15) is 17.8 Å². The molecule has 2 rings (SSSR count). The van der Waals surface area contributed by atoms with E-state index in [-0.39, 0.29) is 23.6 Å². The maximum atomic E-state index is 10.9. The summed E-state index contributed by atoms with van der Waals surface area (Å²) in [5, 5.41) is 10.9. The van der Waals surface area contributed by atoms with Crippen molar-refractivity contribution in [3.63, 3.8) is 0 Å². The standard InChI is InChI=1S/C10H12N6O2/c1-2-15-4-3-12-8(15)5-7-9(16(17)18)10(11)14-6-13-7/h3-4,6H,2,5H2,1H3,(H2,11,13,14). The second kappa shape index (κ2) is 4.78. The van der Waals surface area contributed by atoms with E-state index in [0.29, 0.717) is 5.82 Å². The zero-order valence-corrected chi connectivity index (χ0v) is 9.78. The summed E-state index contributed by atoms with van der Waals surface area (Å²) < 4.78 is 1.89. The molecule has 0 aliphatic carbocycles. The lowest BCUT2D eigenvalue weighted by Gasteiger charge is -2.05. The third-order valence-electron chi connectivity index (χ3n) is 2.58. The van der Waals surface area contributed by atoms with Crippen LogP contribution in [0, 0.1) is 10.1 Å². The van der Waals surface area contributed by atoms with Crippen LogP contribution in [0.25, 0.3) is 0 Å². The zero-order valence-electron chi connectivity index (χ0n) is 9.78. The number of rotatable bonds is 4. The van der Waals surface area contributed by atoms with Crippen molar-refractivity contribution in [2.45, 2.75) is 19.9 Å². The molecule has 18 heavy (non-hydrogen) atoms. The largest absolute Gasteiger partial charge is 0.378 e. The molecule has 2 aromatic heterocycles. The van der Waals surface area contributed by atoms with Gasteiger partial charge in [-0.05, 0) is 6.92 Å². The van der Waals surface area contributed by atoms with Crippen LogP contribution in [0.2, 0.25) is 0 Å². The molecule has 0 amide bonds. The van der Waals surface area contributed by atoms with Gasteiger partial charge in [0.15, 0.2) is 0 Å². The molecule has 94 valence electrons. The summed E-state index contributed by atoms with van der Waals surface area (Å²) in [6, 6.07) is 0. The van der Waals surface area contributed by atoms with Crippen molar-refractivity contribution < 1.29 is 4.92 Å². The third-order valence-corrected chi connectivity index (χ3v) is 2.58. The zero-order chi connectivity index (χ0) is 13.1. The minimum absolute atomic E-state index is 0.125. The summed E-state index contributed by atoms with van der Waals surface area (Å²) in [7, 11) is 0. The van der Waals surface area contributed by atoms with E-state index in [0.717, 1.165) is 6.54 Å². The van der Waals surface area contributed by atoms with Crippen molar-refractivity contribution in [1.29, 1.82) is 0 Å². The van der Waals surface area contributed by atoms with Gasteiger partial charge in [-0.1, -0.05) is 0 Å². The van der Waals surface area contributed by atoms with Gasteiger partial charge in [-0.3, -0.25) is 10.1 Å². The molecular weight excluding hydrogens is 236 g/mol. The summed E-state index contributed by atoms with van der Waals surface area (Å²) in [4.78, 5) is 22.1. The molecule has 2 N–H and O–H groups in total. The van der Waals surface area contributed by atoms with E-state index in [1.54, 1.807) is 6.20 Å². The highest BCUT2D eigenvalue weighted by Gasteiger charge is 2.21. The Hall–Kier alpha value is -2.51. The molecule has 2 aromatic rings. The smallest absolute Gasteiger partial charge is 0.332 e. The number of nitrogens with two attached hydrogens (primary N) is 1. The van der Waals surface area contributed by atoms with E-state index in [1.807, 2.05) is 17.7 Å². The minimum atomic E-state index is -0.566. The first-order valence-electron chi connectivity index (χ1n) is 5.37. The van der Waals surface area contributed by atoms with Crippen LogP contribution in [-0.2, 0) is 13.0 Å². The Kier molecular flexibility index (Phi) is 3.18. The molecule has 8 heteroatoms. The Morgan fingerprint density at radius 1 is 1.44 bits per heavy atom. The van der Waals surface area contributed by atoms with Crippen molar-refractivity contribution in [3.8, 4) is 0 Å². The van der Waals surface area contributed by atoms with Crippen molar-refractivity contribution in [1.82, 2.24) is 19.5 Å². The fourth-order valence-electron chi connectivity index (χ4n) is 1.70. The van der Waals surface area contributed by atoms with Crippen LogP contribution in [-0.4, -0.2) is 24.4 Å². The van der Waals surface area contributed by atoms with Gasteiger partial charge in [0.05, 0.1) is 11.3 Å². The van der Waals surface area contributed by atoms with Crippen molar-refractivity contribution >= 4 is 11.5 Å². The number of nitrogen functional groups attached to an aromatic ring is 1. The second-order valence-electron chi connectivity index (χ2n) is 3.62. The van der Waals surface area contributed by atoms with Gasteiger partial charge < -0.3 is 10.3 Å². The van der Waals surface area contributed by atoms with Crippen LogP contribution in [0.15, 0.2) is 18.7 Å². The number of hydrogen-bond donors (Lipinski definition) is 1. The summed E-state index contributed by atoms with van der Waals surface area (Å²) in [6.45, 7) is 2.71. The first-order valence-corrected chi connectivity index (χ1v) is 5.37. The highest BCUT2D eigenvalue weighted by Crippen LogP contribution is 2.23. The van der Waals surface area contributed by atoms with Crippen molar-refractivity contribution in [2.24, 2.45) is 0 Å². The van der Waals surface area contributed by atoms with Gasteiger partial charge in [-0.2, -0.15) is 0 Å². The predicted molar refractivity (Wildman–Crippen MR) is 63.8 cm³/mol. The maximum absolute atomic E-state index is 10.9. The van der Waals surface area contributed by atoms with Gasteiger partial charge in [0.2, 0.25) is 5.82 Å². The van der Waals surface area contributed by atoms with E-state index >= 15 is 0 Å². The first kappa shape index (κ1) is 12.0. The summed E-state index contributed by atoms with van der Waals surface area (Å²) in [5.74, 6) is 0.582. The number of aromatic nitrogens is 4. The summed E-state index contributed by atoms with van der Waals surface area (Å²) >= 11 is 0. The Morgan fingerprint density at radius 3 is 2.89 bits per heavy atom. The van der Waals surface area contributed by atoms with Gasteiger partial charge in [0.25, 0.3) is 0 Å². The second-order valence-corrected chi connectivity index (χ2v) is 3.62. The SMILES string of the molecule is CCn1ccnc1Cc1ncnc(N)c1[N+](=O)[O-]. The van der Waals surface area contributed by atoms with Gasteiger partial charge in [-0.25, -0.2) is 15.0 Å². The number of aryl methyl sites for hydroxylation is 1. The van der Waals surface area contributed by atoms with E-state index in [4.69, 9.17) is 5.73 Å². The number of imidazole rings is 1. The quantitative estimate of drug-likeness (QED) is 0.631. The van der Waals surface area contributed by atoms with E-state index in [1.165, 1.54) is 6.33 Å². The molecule has 8 nitrogen and oxygen atoms in total. The number of hydrogen-bond acceptors (Lipinski definition) is 6.